The SMILES string of the molecule is C[C@@H]1CCCC[C@@H]1NC(=O)/C(C#N)=C/c1c(Cl)nc2sccn12. The molecule has 2 aromatic rings. The first-order valence-corrected chi connectivity index (χ1v) is 8.89. The molecule has 0 aliphatic heterocycles. The Labute approximate surface area is 143 Å². The van der Waals surface area contributed by atoms with Crippen molar-refractivity contribution in [2.24, 2.45) is 5.92 Å². The quantitative estimate of drug-likeness (QED) is 0.679. The standard InChI is InChI=1S/C16H17ClN4OS/c1-10-4-2-3-5-12(10)19-15(22)11(9-18)8-13-14(17)20-16-21(13)6-7-23-16/h6-8,10,12H,2-5H2,1H3,(H,19,22)/b11-8+/t10-,12+/m1/s1. The number of nitrogens with zero attached hydrogens (tertiary/aromatic N) is 3. The Bertz CT molecular complexity index is 801. The van der Waals surface area contributed by atoms with Crippen LogP contribution < -0.4 is 5.32 Å². The van der Waals surface area contributed by atoms with E-state index in [9.17, 15) is 10.1 Å². The van der Waals surface area contributed by atoms with Crippen LogP contribution in [0.2, 0.25) is 5.15 Å². The maximum absolute atomic E-state index is 12.4. The monoisotopic (exact) mass is 348 g/mol. The fraction of sp³-hybridized carbons (Fsp3) is 0.438. The fourth-order valence-corrected chi connectivity index (χ4v) is 3.96. The molecule has 120 valence electrons. The van der Waals surface area contributed by atoms with E-state index in [0.29, 0.717) is 16.8 Å². The average Bonchev–Trinajstić information content (AvgIpc) is 3.08. The van der Waals surface area contributed by atoms with Crippen molar-refractivity contribution < 1.29 is 4.79 Å². The van der Waals surface area contributed by atoms with Crippen LogP contribution in [-0.2, 0) is 4.79 Å². The number of imidazole rings is 1. The van der Waals surface area contributed by atoms with Crippen molar-refractivity contribution >= 4 is 39.9 Å². The lowest BCUT2D eigenvalue weighted by Crippen LogP contribution is -2.41. The summed E-state index contributed by atoms with van der Waals surface area (Å²) in [6.45, 7) is 2.14. The first-order chi connectivity index (χ1) is 11.1. The van der Waals surface area contributed by atoms with Crippen LogP contribution in [0.5, 0.6) is 0 Å². The van der Waals surface area contributed by atoms with Gasteiger partial charge >= 0.3 is 0 Å². The van der Waals surface area contributed by atoms with Crippen molar-refractivity contribution in [1.82, 2.24) is 14.7 Å². The number of hydrogen-bond acceptors (Lipinski definition) is 4. The van der Waals surface area contributed by atoms with Gasteiger partial charge in [-0.05, 0) is 24.8 Å². The number of aromatic nitrogens is 2. The predicted molar refractivity (Wildman–Crippen MR) is 91.2 cm³/mol. The Hall–Kier alpha value is -1.84. The van der Waals surface area contributed by atoms with E-state index in [4.69, 9.17) is 11.6 Å². The summed E-state index contributed by atoms with van der Waals surface area (Å²) in [4.78, 5) is 17.4. The number of thiazole rings is 1. The zero-order valence-corrected chi connectivity index (χ0v) is 14.3. The van der Waals surface area contributed by atoms with E-state index in [0.717, 1.165) is 24.2 Å². The smallest absolute Gasteiger partial charge is 0.262 e. The van der Waals surface area contributed by atoms with Crippen LogP contribution in [0.4, 0.5) is 0 Å². The molecule has 2 atom stereocenters. The lowest BCUT2D eigenvalue weighted by molar-refractivity contribution is -0.118. The molecule has 0 unspecified atom stereocenters. The van der Waals surface area contributed by atoms with Gasteiger partial charge in [0.2, 0.25) is 0 Å². The van der Waals surface area contributed by atoms with Gasteiger partial charge in [-0.15, -0.1) is 11.3 Å². The number of hydrogen-bond donors (Lipinski definition) is 1. The van der Waals surface area contributed by atoms with Gasteiger partial charge in [0, 0.05) is 17.6 Å². The number of carbonyl (C=O) groups is 1. The molecule has 5 nitrogen and oxygen atoms in total. The van der Waals surface area contributed by atoms with Gasteiger partial charge in [0.1, 0.15) is 11.6 Å². The van der Waals surface area contributed by atoms with E-state index < -0.39 is 0 Å². The van der Waals surface area contributed by atoms with E-state index in [1.54, 1.807) is 4.40 Å². The van der Waals surface area contributed by atoms with Gasteiger partial charge in [-0.25, -0.2) is 4.98 Å². The van der Waals surface area contributed by atoms with Crippen LogP contribution in [-0.4, -0.2) is 21.3 Å². The highest BCUT2D eigenvalue weighted by atomic mass is 35.5. The molecule has 0 spiro atoms. The second-order valence-corrected chi connectivity index (χ2v) is 7.09. The van der Waals surface area contributed by atoms with E-state index in [2.05, 4.69) is 17.2 Å². The number of carbonyl (C=O) groups excluding carboxylic acids is 1. The molecule has 1 fully saturated rings. The summed E-state index contributed by atoms with van der Waals surface area (Å²) in [5.74, 6) is 0.0993. The molecule has 0 saturated heterocycles. The van der Waals surface area contributed by atoms with Crippen molar-refractivity contribution in [2.75, 3.05) is 0 Å². The second-order valence-electron chi connectivity index (χ2n) is 5.85. The Morgan fingerprint density at radius 1 is 1.57 bits per heavy atom. The number of rotatable bonds is 3. The lowest BCUT2D eigenvalue weighted by Gasteiger charge is -2.29. The summed E-state index contributed by atoms with van der Waals surface area (Å²) in [5, 5.41) is 14.5. The number of halogens is 1. The minimum atomic E-state index is -0.340. The summed E-state index contributed by atoms with van der Waals surface area (Å²) >= 11 is 7.57. The van der Waals surface area contributed by atoms with Crippen LogP contribution in [0.1, 0.15) is 38.3 Å². The number of fused-ring (bicyclic) bond motifs is 1. The maximum Gasteiger partial charge on any atom is 0.262 e. The van der Waals surface area contributed by atoms with Crippen LogP contribution in [0.3, 0.4) is 0 Å². The molecule has 1 saturated carbocycles. The summed E-state index contributed by atoms with van der Waals surface area (Å²) in [7, 11) is 0. The van der Waals surface area contributed by atoms with Crippen molar-refractivity contribution in [3.8, 4) is 6.07 Å². The summed E-state index contributed by atoms with van der Waals surface area (Å²) in [6.07, 6.45) is 7.73. The molecular formula is C16H17ClN4OS. The molecule has 0 radical (unpaired) electrons. The largest absolute Gasteiger partial charge is 0.348 e. The zero-order valence-electron chi connectivity index (χ0n) is 12.8. The Balaban J connectivity index is 1.84. The van der Waals surface area contributed by atoms with Gasteiger partial charge in [-0.3, -0.25) is 9.20 Å². The minimum absolute atomic E-state index is 0.0534. The van der Waals surface area contributed by atoms with Crippen molar-refractivity contribution in [1.29, 1.82) is 5.26 Å². The van der Waals surface area contributed by atoms with E-state index >= 15 is 0 Å². The first kappa shape index (κ1) is 16.0. The number of amides is 1. The normalized spacial score (nSPS) is 22.0. The molecule has 3 rings (SSSR count). The van der Waals surface area contributed by atoms with E-state index in [1.165, 1.54) is 23.8 Å². The molecule has 7 heteroatoms. The molecule has 1 amide bonds. The van der Waals surface area contributed by atoms with E-state index in [1.807, 2.05) is 17.6 Å². The first-order valence-electron chi connectivity index (χ1n) is 7.64. The Morgan fingerprint density at radius 3 is 3.09 bits per heavy atom. The molecule has 1 aliphatic carbocycles. The molecular weight excluding hydrogens is 332 g/mol. The van der Waals surface area contributed by atoms with Crippen LogP contribution >= 0.6 is 22.9 Å². The molecule has 1 aliphatic rings. The number of nitriles is 1. The minimum Gasteiger partial charge on any atom is -0.348 e. The highest BCUT2D eigenvalue weighted by Gasteiger charge is 2.24. The summed E-state index contributed by atoms with van der Waals surface area (Å²) in [6, 6.07) is 2.12. The van der Waals surface area contributed by atoms with Crippen molar-refractivity contribution in [3.05, 3.63) is 28.0 Å². The molecule has 23 heavy (non-hydrogen) atoms. The third-order valence-corrected chi connectivity index (χ3v) is 5.36. The molecule has 2 heterocycles. The van der Waals surface area contributed by atoms with Crippen LogP contribution in [0.25, 0.3) is 11.0 Å². The highest BCUT2D eigenvalue weighted by Crippen LogP contribution is 2.25. The topological polar surface area (TPSA) is 70.2 Å². The van der Waals surface area contributed by atoms with Gasteiger partial charge in [-0.1, -0.05) is 31.4 Å². The third-order valence-electron chi connectivity index (χ3n) is 4.33. The molecule has 0 aromatic carbocycles. The lowest BCUT2D eigenvalue weighted by atomic mass is 9.86. The van der Waals surface area contributed by atoms with Gasteiger partial charge < -0.3 is 5.32 Å². The fourth-order valence-electron chi connectivity index (χ4n) is 2.97. The average molecular weight is 349 g/mol. The molecule has 0 bridgehead atoms. The van der Waals surface area contributed by atoms with Crippen molar-refractivity contribution in [2.45, 2.75) is 38.6 Å². The van der Waals surface area contributed by atoms with Gasteiger partial charge in [0.25, 0.3) is 5.91 Å². The van der Waals surface area contributed by atoms with E-state index in [-0.39, 0.29) is 17.5 Å². The molecule has 1 N–H and O–H groups in total. The summed E-state index contributed by atoms with van der Waals surface area (Å²) < 4.78 is 1.78. The predicted octanol–water partition coefficient (Wildman–Crippen LogP) is 3.65. The summed E-state index contributed by atoms with van der Waals surface area (Å²) in [5.41, 5.74) is 0.615. The van der Waals surface area contributed by atoms with Crippen LogP contribution in [0, 0.1) is 17.2 Å². The Morgan fingerprint density at radius 2 is 2.35 bits per heavy atom. The zero-order chi connectivity index (χ0) is 16.4. The second kappa shape index (κ2) is 6.73. The van der Waals surface area contributed by atoms with Crippen LogP contribution in [0.15, 0.2) is 17.2 Å². The Kier molecular flexibility index (Phi) is 4.69. The third kappa shape index (κ3) is 3.26. The van der Waals surface area contributed by atoms with Gasteiger partial charge in [0.15, 0.2) is 10.1 Å². The maximum atomic E-state index is 12.4. The van der Waals surface area contributed by atoms with Crippen molar-refractivity contribution in [3.63, 3.8) is 0 Å². The van der Waals surface area contributed by atoms with Gasteiger partial charge in [-0.2, -0.15) is 5.26 Å². The highest BCUT2D eigenvalue weighted by molar-refractivity contribution is 7.15. The van der Waals surface area contributed by atoms with Gasteiger partial charge in [0.05, 0.1) is 5.69 Å². The molecule has 2 aromatic heterocycles. The number of nitrogens with one attached hydrogen (secondary N) is 1.